The van der Waals surface area contributed by atoms with Crippen LogP contribution in [0.3, 0.4) is 0 Å². The van der Waals surface area contributed by atoms with Gasteiger partial charge in [0.1, 0.15) is 11.4 Å². The van der Waals surface area contributed by atoms with Crippen molar-refractivity contribution in [3.05, 3.63) is 18.2 Å². The maximum Gasteiger partial charge on any atom is 0.122 e. The summed E-state index contributed by atoms with van der Waals surface area (Å²) in [6.07, 6.45) is 4.75. The molecule has 1 unspecified atom stereocenters. The first-order valence-electron chi connectivity index (χ1n) is 6.32. The van der Waals surface area contributed by atoms with Crippen molar-refractivity contribution in [2.75, 3.05) is 20.1 Å². The summed E-state index contributed by atoms with van der Waals surface area (Å²) in [5.74, 6) is 1.01. The summed E-state index contributed by atoms with van der Waals surface area (Å²) in [7, 11) is 3.99. The Morgan fingerprint density at radius 1 is 1.61 bits per heavy atom. The number of nitrogens with one attached hydrogen (secondary N) is 1. The maximum absolute atomic E-state index is 9.28. The van der Waals surface area contributed by atoms with Gasteiger partial charge in [-0.15, -0.1) is 0 Å². The molecule has 1 aromatic heterocycles. The van der Waals surface area contributed by atoms with Crippen molar-refractivity contribution in [2.45, 2.75) is 32.4 Å². The molecule has 0 saturated carbocycles. The smallest absolute Gasteiger partial charge is 0.122 e. The van der Waals surface area contributed by atoms with Gasteiger partial charge in [-0.1, -0.05) is 6.92 Å². The lowest BCUT2D eigenvalue weighted by Crippen LogP contribution is -2.49. The summed E-state index contributed by atoms with van der Waals surface area (Å²) < 4.78 is 2.00. The molecule has 0 radical (unpaired) electrons. The molecule has 18 heavy (non-hydrogen) atoms. The number of aryl methyl sites for hydroxylation is 1. The first kappa shape index (κ1) is 14.7. The average Bonchev–Trinajstić information content (AvgIpc) is 2.72. The number of hydrogen-bond donors (Lipinski definition) is 1. The van der Waals surface area contributed by atoms with Crippen LogP contribution in [0.2, 0.25) is 0 Å². The van der Waals surface area contributed by atoms with Crippen LogP contribution in [0.5, 0.6) is 0 Å². The molecule has 100 valence electrons. The zero-order chi connectivity index (χ0) is 13.6. The molecule has 0 aliphatic rings. The first-order valence-corrected chi connectivity index (χ1v) is 6.32. The van der Waals surface area contributed by atoms with Crippen LogP contribution in [0, 0.1) is 11.3 Å². The fourth-order valence-corrected chi connectivity index (χ4v) is 1.92. The number of nitriles is 1. The highest BCUT2D eigenvalue weighted by Gasteiger charge is 2.24. The Balaban J connectivity index is 2.55. The van der Waals surface area contributed by atoms with Gasteiger partial charge in [0.15, 0.2) is 0 Å². The van der Waals surface area contributed by atoms with Gasteiger partial charge in [-0.2, -0.15) is 5.26 Å². The molecule has 5 nitrogen and oxygen atoms in total. The summed E-state index contributed by atoms with van der Waals surface area (Å²) in [4.78, 5) is 6.41. The van der Waals surface area contributed by atoms with Crippen LogP contribution in [0.15, 0.2) is 12.4 Å². The highest BCUT2D eigenvalue weighted by Crippen LogP contribution is 2.07. The van der Waals surface area contributed by atoms with Gasteiger partial charge >= 0.3 is 0 Å². The van der Waals surface area contributed by atoms with Crippen LogP contribution < -0.4 is 5.32 Å². The minimum absolute atomic E-state index is 0.504. The molecule has 0 bridgehead atoms. The van der Waals surface area contributed by atoms with Gasteiger partial charge < -0.3 is 4.57 Å². The third-order valence-corrected chi connectivity index (χ3v) is 2.93. The third-order valence-electron chi connectivity index (χ3n) is 2.93. The molecule has 1 N–H and O–H groups in total. The Morgan fingerprint density at radius 3 is 2.83 bits per heavy atom. The lowest BCUT2D eigenvalue weighted by molar-refractivity contribution is 0.247. The van der Waals surface area contributed by atoms with E-state index in [4.69, 9.17) is 0 Å². The van der Waals surface area contributed by atoms with Crippen molar-refractivity contribution in [2.24, 2.45) is 7.05 Å². The van der Waals surface area contributed by atoms with Crippen LogP contribution in [-0.4, -0.2) is 40.1 Å². The molecule has 0 aliphatic carbocycles. The molecule has 0 aromatic carbocycles. The second kappa shape index (κ2) is 6.53. The molecule has 0 amide bonds. The van der Waals surface area contributed by atoms with Crippen LogP contribution in [0.25, 0.3) is 0 Å². The summed E-state index contributed by atoms with van der Waals surface area (Å²) >= 11 is 0. The van der Waals surface area contributed by atoms with Crippen LogP contribution in [-0.2, 0) is 13.6 Å². The van der Waals surface area contributed by atoms with Crippen molar-refractivity contribution in [3.8, 4) is 6.07 Å². The van der Waals surface area contributed by atoms with Crippen molar-refractivity contribution < 1.29 is 0 Å². The van der Waals surface area contributed by atoms with Crippen molar-refractivity contribution >= 4 is 0 Å². The van der Waals surface area contributed by atoms with Gasteiger partial charge in [-0.05, 0) is 26.9 Å². The lowest BCUT2D eigenvalue weighted by atomic mass is 10.0. The number of imidazole rings is 1. The minimum Gasteiger partial charge on any atom is -0.337 e. The lowest BCUT2D eigenvalue weighted by Gasteiger charge is -2.28. The number of aromatic nitrogens is 2. The Hall–Kier alpha value is -1.38. The topological polar surface area (TPSA) is 56.9 Å². The summed E-state index contributed by atoms with van der Waals surface area (Å²) in [6.45, 7) is 6.32. The van der Waals surface area contributed by atoms with Gasteiger partial charge in [-0.3, -0.25) is 10.2 Å². The van der Waals surface area contributed by atoms with E-state index < -0.39 is 5.54 Å². The second-order valence-corrected chi connectivity index (χ2v) is 5.00. The molecule has 0 aliphatic heterocycles. The van der Waals surface area contributed by atoms with Gasteiger partial charge in [0.05, 0.1) is 12.6 Å². The molecule has 0 saturated heterocycles. The minimum atomic E-state index is -0.504. The monoisotopic (exact) mass is 249 g/mol. The van der Waals surface area contributed by atoms with E-state index in [0.717, 1.165) is 25.3 Å². The van der Waals surface area contributed by atoms with Crippen molar-refractivity contribution in [1.29, 1.82) is 5.26 Å². The van der Waals surface area contributed by atoms with Crippen LogP contribution in [0.1, 0.15) is 26.1 Å². The molecule has 0 spiro atoms. The predicted octanol–water partition coefficient (Wildman–Crippen LogP) is 1.13. The zero-order valence-electron chi connectivity index (χ0n) is 11.8. The number of hydrogen-bond acceptors (Lipinski definition) is 4. The first-order chi connectivity index (χ1) is 8.50. The standard InChI is InChI=1S/C13H23N5/c1-5-6-16-13(2,10-14)11-17(3)9-12-15-7-8-18(12)4/h7-8,16H,5-6,9,11H2,1-4H3. The number of likely N-dealkylation sites (N-methyl/N-ethyl adjacent to an activating group) is 1. The van der Waals surface area contributed by atoms with Crippen LogP contribution in [0.4, 0.5) is 0 Å². The predicted molar refractivity (Wildman–Crippen MR) is 71.9 cm³/mol. The van der Waals surface area contributed by atoms with E-state index in [9.17, 15) is 5.26 Å². The third kappa shape index (κ3) is 4.13. The van der Waals surface area contributed by atoms with Gasteiger partial charge in [0.2, 0.25) is 0 Å². The fourth-order valence-electron chi connectivity index (χ4n) is 1.92. The molecular weight excluding hydrogens is 226 g/mol. The van der Waals surface area contributed by atoms with E-state index in [2.05, 4.69) is 28.2 Å². The zero-order valence-corrected chi connectivity index (χ0v) is 11.8. The summed E-state index contributed by atoms with van der Waals surface area (Å²) in [5.41, 5.74) is -0.504. The van der Waals surface area contributed by atoms with E-state index in [1.807, 2.05) is 31.8 Å². The van der Waals surface area contributed by atoms with Gasteiger partial charge in [0, 0.05) is 26.0 Å². The molecule has 0 fully saturated rings. The van der Waals surface area contributed by atoms with Gasteiger partial charge in [-0.25, -0.2) is 4.98 Å². The van der Waals surface area contributed by atoms with Gasteiger partial charge in [0.25, 0.3) is 0 Å². The molecular formula is C13H23N5. The normalized spacial score (nSPS) is 14.4. The molecule has 1 heterocycles. The van der Waals surface area contributed by atoms with E-state index in [1.165, 1.54) is 0 Å². The number of nitrogens with zero attached hydrogens (tertiary/aromatic N) is 4. The fraction of sp³-hybridized carbons (Fsp3) is 0.692. The van der Waals surface area contributed by atoms with E-state index in [-0.39, 0.29) is 0 Å². The van der Waals surface area contributed by atoms with E-state index >= 15 is 0 Å². The maximum atomic E-state index is 9.28. The van der Waals surface area contributed by atoms with E-state index in [1.54, 1.807) is 6.20 Å². The molecule has 1 rings (SSSR count). The number of rotatable bonds is 7. The van der Waals surface area contributed by atoms with Crippen molar-refractivity contribution in [1.82, 2.24) is 19.8 Å². The van der Waals surface area contributed by atoms with Crippen LogP contribution >= 0.6 is 0 Å². The highest BCUT2D eigenvalue weighted by atomic mass is 15.2. The van der Waals surface area contributed by atoms with Crippen molar-refractivity contribution in [3.63, 3.8) is 0 Å². The summed E-state index contributed by atoms with van der Waals surface area (Å²) in [6, 6.07) is 2.36. The quantitative estimate of drug-likeness (QED) is 0.787. The highest BCUT2D eigenvalue weighted by molar-refractivity contribution is 5.06. The average molecular weight is 249 g/mol. The molecule has 1 aromatic rings. The SMILES string of the molecule is CCCNC(C)(C#N)CN(C)Cc1nccn1C. The van der Waals surface area contributed by atoms with E-state index in [0.29, 0.717) is 6.54 Å². The Morgan fingerprint density at radius 2 is 2.33 bits per heavy atom. The Kier molecular flexibility index (Phi) is 5.32. The molecule has 5 heteroatoms. The molecule has 1 atom stereocenters. The summed E-state index contributed by atoms with van der Waals surface area (Å²) in [5, 5.41) is 12.6. The Bertz CT molecular complexity index is 406. The largest absolute Gasteiger partial charge is 0.337 e. The second-order valence-electron chi connectivity index (χ2n) is 5.00. The Labute approximate surface area is 109 Å².